The highest BCUT2D eigenvalue weighted by atomic mass is 14.7. The Labute approximate surface area is 101 Å². The lowest BCUT2D eigenvalue weighted by atomic mass is 10.0. The molecule has 1 heteroatoms. The van der Waals surface area contributed by atoms with Crippen molar-refractivity contribution in [3.8, 4) is 22.4 Å². The van der Waals surface area contributed by atoms with E-state index in [9.17, 15) is 0 Å². The highest BCUT2D eigenvalue weighted by Crippen LogP contribution is 2.30. The maximum absolute atomic E-state index is 3.32. The van der Waals surface area contributed by atoms with Crippen molar-refractivity contribution in [1.29, 1.82) is 0 Å². The zero-order valence-electron chi connectivity index (χ0n) is 9.43. The molecule has 0 atom stereocenters. The summed E-state index contributed by atoms with van der Waals surface area (Å²) < 4.78 is 0. The monoisotopic (exact) mass is 219 g/mol. The van der Waals surface area contributed by atoms with E-state index in [1.165, 1.54) is 22.4 Å². The van der Waals surface area contributed by atoms with Crippen LogP contribution in [0.5, 0.6) is 0 Å². The van der Waals surface area contributed by atoms with Crippen LogP contribution in [0.25, 0.3) is 22.4 Å². The van der Waals surface area contributed by atoms with Gasteiger partial charge >= 0.3 is 0 Å². The van der Waals surface area contributed by atoms with Gasteiger partial charge in [-0.15, -0.1) is 0 Å². The van der Waals surface area contributed by atoms with E-state index in [1.54, 1.807) is 0 Å². The SMILES string of the molecule is c1ccc(-c2cc[nH]c2-c2ccccc2)cc1. The van der Waals surface area contributed by atoms with Crippen molar-refractivity contribution in [3.05, 3.63) is 72.9 Å². The lowest BCUT2D eigenvalue weighted by molar-refractivity contribution is 1.40. The summed E-state index contributed by atoms with van der Waals surface area (Å²) in [6.45, 7) is 0. The molecule has 0 bridgehead atoms. The van der Waals surface area contributed by atoms with E-state index < -0.39 is 0 Å². The van der Waals surface area contributed by atoms with Crippen molar-refractivity contribution >= 4 is 0 Å². The minimum Gasteiger partial charge on any atom is -0.361 e. The topological polar surface area (TPSA) is 15.8 Å². The van der Waals surface area contributed by atoms with Gasteiger partial charge in [-0.2, -0.15) is 0 Å². The molecule has 0 aliphatic carbocycles. The summed E-state index contributed by atoms with van der Waals surface area (Å²) in [5, 5.41) is 0. The van der Waals surface area contributed by atoms with Crippen LogP contribution in [0.2, 0.25) is 0 Å². The molecule has 3 aromatic rings. The highest BCUT2D eigenvalue weighted by Gasteiger charge is 2.07. The minimum absolute atomic E-state index is 1.18. The molecule has 2 aromatic carbocycles. The van der Waals surface area contributed by atoms with E-state index in [2.05, 4.69) is 59.6 Å². The zero-order valence-corrected chi connectivity index (χ0v) is 9.43. The Balaban J connectivity index is 2.13. The fraction of sp³-hybridized carbons (Fsp3) is 0. The van der Waals surface area contributed by atoms with Crippen LogP contribution in [0.15, 0.2) is 72.9 Å². The first-order chi connectivity index (χ1) is 8.45. The van der Waals surface area contributed by atoms with E-state index in [-0.39, 0.29) is 0 Å². The summed E-state index contributed by atoms with van der Waals surface area (Å²) in [6, 6.07) is 23.0. The maximum Gasteiger partial charge on any atom is 0.0533 e. The summed E-state index contributed by atoms with van der Waals surface area (Å²) >= 11 is 0. The Kier molecular flexibility index (Phi) is 2.51. The summed E-state index contributed by atoms with van der Waals surface area (Å²) in [7, 11) is 0. The second kappa shape index (κ2) is 4.30. The lowest BCUT2D eigenvalue weighted by Gasteiger charge is -2.04. The van der Waals surface area contributed by atoms with E-state index in [1.807, 2.05) is 18.3 Å². The van der Waals surface area contributed by atoms with Crippen LogP contribution in [-0.2, 0) is 0 Å². The van der Waals surface area contributed by atoms with E-state index >= 15 is 0 Å². The average molecular weight is 219 g/mol. The van der Waals surface area contributed by atoms with Crippen LogP contribution in [0.3, 0.4) is 0 Å². The third kappa shape index (κ3) is 1.87. The summed E-state index contributed by atoms with van der Waals surface area (Å²) in [5.41, 5.74) is 4.89. The molecule has 1 nitrogen and oxygen atoms in total. The van der Waals surface area contributed by atoms with Crippen LogP contribution in [-0.4, -0.2) is 4.98 Å². The molecular weight excluding hydrogens is 206 g/mol. The molecule has 1 heterocycles. The highest BCUT2D eigenvalue weighted by molar-refractivity contribution is 5.81. The van der Waals surface area contributed by atoms with Crippen LogP contribution < -0.4 is 0 Å². The van der Waals surface area contributed by atoms with Gasteiger partial charge in [0.2, 0.25) is 0 Å². The first-order valence-corrected chi connectivity index (χ1v) is 5.73. The van der Waals surface area contributed by atoms with Gasteiger partial charge in [-0.1, -0.05) is 60.7 Å². The number of hydrogen-bond donors (Lipinski definition) is 1. The third-order valence-corrected chi connectivity index (χ3v) is 2.89. The predicted octanol–water partition coefficient (Wildman–Crippen LogP) is 4.35. The Morgan fingerprint density at radius 2 is 1.18 bits per heavy atom. The van der Waals surface area contributed by atoms with Gasteiger partial charge in [-0.25, -0.2) is 0 Å². The van der Waals surface area contributed by atoms with Crippen molar-refractivity contribution < 1.29 is 0 Å². The van der Waals surface area contributed by atoms with Gasteiger partial charge in [0.15, 0.2) is 0 Å². The number of benzene rings is 2. The molecule has 0 fully saturated rings. The lowest BCUT2D eigenvalue weighted by Crippen LogP contribution is -1.81. The molecule has 0 radical (unpaired) electrons. The Hall–Kier alpha value is -2.28. The van der Waals surface area contributed by atoms with Crippen LogP contribution in [0.1, 0.15) is 0 Å². The van der Waals surface area contributed by atoms with E-state index in [0.29, 0.717) is 0 Å². The molecule has 1 N–H and O–H groups in total. The smallest absolute Gasteiger partial charge is 0.0533 e. The van der Waals surface area contributed by atoms with Crippen molar-refractivity contribution in [2.45, 2.75) is 0 Å². The van der Waals surface area contributed by atoms with Gasteiger partial charge in [-0.3, -0.25) is 0 Å². The Morgan fingerprint density at radius 3 is 1.82 bits per heavy atom. The Bertz CT molecular complexity index is 540. The van der Waals surface area contributed by atoms with Gasteiger partial charge in [0.25, 0.3) is 0 Å². The molecule has 0 unspecified atom stereocenters. The number of aromatic amines is 1. The third-order valence-electron chi connectivity index (χ3n) is 2.89. The molecule has 0 aliphatic rings. The van der Waals surface area contributed by atoms with Gasteiger partial charge in [0.05, 0.1) is 5.69 Å². The summed E-state index contributed by atoms with van der Waals surface area (Å²) in [6.07, 6.45) is 1.99. The molecule has 0 saturated carbocycles. The number of hydrogen-bond acceptors (Lipinski definition) is 0. The first-order valence-electron chi connectivity index (χ1n) is 5.73. The summed E-state index contributed by atoms with van der Waals surface area (Å²) in [4.78, 5) is 3.32. The molecule has 82 valence electrons. The van der Waals surface area contributed by atoms with Crippen LogP contribution in [0.4, 0.5) is 0 Å². The van der Waals surface area contributed by atoms with Crippen molar-refractivity contribution in [1.82, 2.24) is 4.98 Å². The van der Waals surface area contributed by atoms with Crippen LogP contribution >= 0.6 is 0 Å². The molecule has 0 spiro atoms. The number of H-pyrrole nitrogens is 1. The predicted molar refractivity (Wildman–Crippen MR) is 71.7 cm³/mol. The van der Waals surface area contributed by atoms with E-state index in [4.69, 9.17) is 0 Å². The molecule has 0 amide bonds. The van der Waals surface area contributed by atoms with Crippen molar-refractivity contribution in [3.63, 3.8) is 0 Å². The van der Waals surface area contributed by atoms with Crippen molar-refractivity contribution in [2.75, 3.05) is 0 Å². The molecule has 0 saturated heterocycles. The average Bonchev–Trinajstić information content (AvgIpc) is 2.90. The first kappa shape index (κ1) is 9.91. The molecule has 3 rings (SSSR count). The van der Waals surface area contributed by atoms with Gasteiger partial charge in [0, 0.05) is 11.8 Å². The second-order valence-corrected chi connectivity index (χ2v) is 4.00. The summed E-state index contributed by atoms with van der Waals surface area (Å²) in [5.74, 6) is 0. The number of aromatic nitrogens is 1. The van der Waals surface area contributed by atoms with E-state index in [0.717, 1.165) is 0 Å². The molecule has 0 aliphatic heterocycles. The normalized spacial score (nSPS) is 10.4. The van der Waals surface area contributed by atoms with Gasteiger partial charge < -0.3 is 4.98 Å². The number of rotatable bonds is 2. The largest absolute Gasteiger partial charge is 0.361 e. The van der Waals surface area contributed by atoms with Gasteiger partial charge in [-0.05, 0) is 17.2 Å². The standard InChI is InChI=1S/C16H13N/c1-3-7-13(8-4-1)15-11-12-17-16(15)14-9-5-2-6-10-14/h1-12,17H. The quantitative estimate of drug-likeness (QED) is 0.659. The fourth-order valence-corrected chi connectivity index (χ4v) is 2.07. The Morgan fingerprint density at radius 1 is 0.588 bits per heavy atom. The number of nitrogens with one attached hydrogen (secondary N) is 1. The molecule has 1 aromatic heterocycles. The fourth-order valence-electron chi connectivity index (χ4n) is 2.07. The zero-order chi connectivity index (χ0) is 11.5. The molecule has 17 heavy (non-hydrogen) atoms. The second-order valence-electron chi connectivity index (χ2n) is 4.00. The van der Waals surface area contributed by atoms with Crippen LogP contribution in [0, 0.1) is 0 Å². The minimum atomic E-state index is 1.18. The van der Waals surface area contributed by atoms with Gasteiger partial charge in [0.1, 0.15) is 0 Å². The molecular formula is C16H13N. The van der Waals surface area contributed by atoms with Crippen molar-refractivity contribution in [2.24, 2.45) is 0 Å². The maximum atomic E-state index is 3.32.